The molecular weight excluding hydrogens is 386 g/mol. The second-order valence-electron chi connectivity index (χ2n) is 8.34. The summed E-state index contributed by atoms with van der Waals surface area (Å²) < 4.78 is 5.44. The Labute approximate surface area is 182 Å². The Kier molecular flexibility index (Phi) is 5.57. The minimum absolute atomic E-state index is 0.164. The first-order valence-electron chi connectivity index (χ1n) is 11.2. The van der Waals surface area contributed by atoms with Gasteiger partial charge in [-0.15, -0.1) is 0 Å². The van der Waals surface area contributed by atoms with Crippen molar-refractivity contribution in [1.29, 1.82) is 0 Å². The molecule has 1 atom stereocenters. The van der Waals surface area contributed by atoms with Crippen LogP contribution in [-0.4, -0.2) is 47.3 Å². The fraction of sp³-hybridized carbons (Fsp3) is 0.360. The van der Waals surface area contributed by atoms with Crippen LogP contribution < -0.4 is 10.6 Å². The van der Waals surface area contributed by atoms with Gasteiger partial charge in [-0.3, -0.25) is 4.98 Å². The van der Waals surface area contributed by atoms with Gasteiger partial charge in [0, 0.05) is 53.1 Å². The Balaban J connectivity index is 1.43. The number of benzene rings is 1. The fourth-order valence-electron chi connectivity index (χ4n) is 4.40. The summed E-state index contributed by atoms with van der Waals surface area (Å²) in [5, 5.41) is 2.30. The zero-order valence-corrected chi connectivity index (χ0v) is 18.0. The van der Waals surface area contributed by atoms with Crippen LogP contribution in [0.3, 0.4) is 0 Å². The van der Waals surface area contributed by atoms with Gasteiger partial charge >= 0.3 is 0 Å². The molecule has 1 saturated heterocycles. The first-order valence-corrected chi connectivity index (χ1v) is 11.2. The van der Waals surface area contributed by atoms with Gasteiger partial charge in [-0.1, -0.05) is 19.4 Å². The third-order valence-electron chi connectivity index (χ3n) is 6.07. The van der Waals surface area contributed by atoms with Gasteiger partial charge in [-0.25, -0.2) is 4.98 Å². The maximum absolute atomic E-state index is 6.21. The number of ether oxygens (including phenoxy) is 1. The van der Waals surface area contributed by atoms with Crippen LogP contribution in [0.1, 0.15) is 25.5 Å². The van der Waals surface area contributed by atoms with Crippen LogP contribution in [0.15, 0.2) is 48.7 Å². The smallest absolute Gasteiger partial charge is 0.138 e. The van der Waals surface area contributed by atoms with Gasteiger partial charge in [-0.2, -0.15) is 0 Å². The molecule has 0 spiro atoms. The maximum Gasteiger partial charge on any atom is 0.138 e. The van der Waals surface area contributed by atoms with E-state index < -0.39 is 0 Å². The van der Waals surface area contributed by atoms with Crippen LogP contribution in [0.2, 0.25) is 0 Å². The molecule has 1 fully saturated rings. The molecule has 0 radical (unpaired) electrons. The highest BCUT2D eigenvalue weighted by atomic mass is 16.5. The summed E-state index contributed by atoms with van der Waals surface area (Å²) in [7, 11) is 0. The number of hydrogen-bond donors (Lipinski definition) is 2. The Morgan fingerprint density at radius 2 is 1.97 bits per heavy atom. The molecule has 1 aromatic carbocycles. The molecule has 0 saturated carbocycles. The normalized spacial score (nSPS) is 15.6. The number of nitrogens with two attached hydrogens (primary N) is 1. The largest absolute Gasteiger partial charge is 0.378 e. The summed E-state index contributed by atoms with van der Waals surface area (Å²) >= 11 is 0. The van der Waals surface area contributed by atoms with Gasteiger partial charge in [0.05, 0.1) is 30.8 Å². The van der Waals surface area contributed by atoms with Crippen molar-refractivity contribution >= 4 is 27.6 Å². The molecule has 4 heterocycles. The molecule has 3 aromatic heterocycles. The number of rotatable bonds is 6. The summed E-state index contributed by atoms with van der Waals surface area (Å²) in [6.07, 6.45) is 4.89. The number of nitrogens with one attached hydrogen (secondary N) is 1. The zero-order chi connectivity index (χ0) is 21.2. The van der Waals surface area contributed by atoms with Crippen molar-refractivity contribution in [1.82, 2.24) is 15.0 Å². The van der Waals surface area contributed by atoms with Gasteiger partial charge in [-0.05, 0) is 42.8 Å². The summed E-state index contributed by atoms with van der Waals surface area (Å²) in [6.45, 7) is 5.55. The van der Waals surface area contributed by atoms with Gasteiger partial charge in [0.1, 0.15) is 5.65 Å². The van der Waals surface area contributed by atoms with Crippen LogP contribution in [0.5, 0.6) is 0 Å². The number of anilines is 1. The van der Waals surface area contributed by atoms with Crippen LogP contribution in [0, 0.1) is 0 Å². The lowest BCUT2D eigenvalue weighted by Gasteiger charge is -2.28. The molecule has 6 heteroatoms. The summed E-state index contributed by atoms with van der Waals surface area (Å²) in [4.78, 5) is 15.4. The van der Waals surface area contributed by atoms with Crippen molar-refractivity contribution in [3.63, 3.8) is 0 Å². The van der Waals surface area contributed by atoms with E-state index >= 15 is 0 Å². The van der Waals surface area contributed by atoms with E-state index in [1.54, 1.807) is 0 Å². The van der Waals surface area contributed by atoms with Crippen molar-refractivity contribution in [2.75, 3.05) is 31.2 Å². The Morgan fingerprint density at radius 3 is 2.74 bits per heavy atom. The highest BCUT2D eigenvalue weighted by Gasteiger charge is 2.13. The Morgan fingerprint density at radius 1 is 1.10 bits per heavy atom. The number of morpholine rings is 1. The first kappa shape index (κ1) is 20.0. The summed E-state index contributed by atoms with van der Waals surface area (Å²) in [6, 6.07) is 15.1. The lowest BCUT2D eigenvalue weighted by molar-refractivity contribution is 0.122. The van der Waals surface area contributed by atoms with Crippen LogP contribution in [0.4, 0.5) is 5.69 Å². The van der Waals surface area contributed by atoms with E-state index in [4.69, 9.17) is 20.4 Å². The number of aromatic amines is 1. The predicted molar refractivity (Wildman–Crippen MR) is 126 cm³/mol. The maximum atomic E-state index is 6.21. The number of nitrogens with zero attached hydrogens (tertiary/aromatic N) is 3. The van der Waals surface area contributed by atoms with E-state index in [0.717, 1.165) is 84.8 Å². The lowest BCUT2D eigenvalue weighted by Crippen LogP contribution is -2.36. The van der Waals surface area contributed by atoms with Crippen molar-refractivity contribution in [3.8, 4) is 11.3 Å². The summed E-state index contributed by atoms with van der Waals surface area (Å²) in [5.41, 5.74) is 12.5. The monoisotopic (exact) mass is 415 g/mol. The second-order valence-corrected chi connectivity index (χ2v) is 8.34. The third kappa shape index (κ3) is 4.13. The SMILES string of the molecule is CCCC(N)Cc1ccc2c(n1)[nH]c1ccc(-c3ccc(N4CCOCC4)cn3)cc12. The topological polar surface area (TPSA) is 80.1 Å². The molecule has 0 aliphatic carbocycles. The zero-order valence-electron chi connectivity index (χ0n) is 18.0. The predicted octanol–water partition coefficient (Wildman–Crippen LogP) is 4.28. The Hall–Kier alpha value is -2.96. The van der Waals surface area contributed by atoms with Gasteiger partial charge in [0.2, 0.25) is 0 Å². The molecular formula is C25H29N5O. The number of hydrogen-bond acceptors (Lipinski definition) is 5. The third-order valence-corrected chi connectivity index (χ3v) is 6.07. The second kappa shape index (κ2) is 8.65. The molecule has 1 aliphatic rings. The first-order chi connectivity index (χ1) is 15.2. The highest BCUT2D eigenvalue weighted by molar-refractivity contribution is 6.07. The number of H-pyrrole nitrogens is 1. The molecule has 4 aromatic rings. The van der Waals surface area contributed by atoms with Crippen molar-refractivity contribution in [3.05, 3.63) is 54.4 Å². The molecule has 1 aliphatic heterocycles. The molecule has 6 nitrogen and oxygen atoms in total. The van der Waals surface area contributed by atoms with Gasteiger partial charge in [0.15, 0.2) is 0 Å². The number of pyridine rings is 2. The Bertz CT molecular complexity index is 1180. The van der Waals surface area contributed by atoms with Crippen molar-refractivity contribution in [2.45, 2.75) is 32.2 Å². The average molecular weight is 416 g/mol. The molecule has 5 rings (SSSR count). The van der Waals surface area contributed by atoms with Crippen LogP contribution in [-0.2, 0) is 11.2 Å². The molecule has 0 bridgehead atoms. The molecule has 160 valence electrons. The van der Waals surface area contributed by atoms with E-state index in [-0.39, 0.29) is 6.04 Å². The minimum Gasteiger partial charge on any atom is -0.378 e. The minimum atomic E-state index is 0.164. The summed E-state index contributed by atoms with van der Waals surface area (Å²) in [5.74, 6) is 0. The fourth-order valence-corrected chi connectivity index (χ4v) is 4.40. The molecule has 1 unspecified atom stereocenters. The molecule has 3 N–H and O–H groups in total. The van der Waals surface area contributed by atoms with E-state index in [1.165, 1.54) is 5.39 Å². The van der Waals surface area contributed by atoms with Gasteiger partial charge in [0.25, 0.3) is 0 Å². The number of fused-ring (bicyclic) bond motifs is 3. The van der Waals surface area contributed by atoms with E-state index in [2.05, 4.69) is 59.3 Å². The van der Waals surface area contributed by atoms with Crippen molar-refractivity contribution < 1.29 is 4.74 Å². The highest BCUT2D eigenvalue weighted by Crippen LogP contribution is 2.29. The van der Waals surface area contributed by atoms with E-state index in [9.17, 15) is 0 Å². The van der Waals surface area contributed by atoms with Gasteiger partial charge < -0.3 is 20.4 Å². The molecule has 31 heavy (non-hydrogen) atoms. The van der Waals surface area contributed by atoms with E-state index in [0.29, 0.717) is 0 Å². The molecule has 0 amide bonds. The van der Waals surface area contributed by atoms with E-state index in [1.807, 2.05) is 6.20 Å². The van der Waals surface area contributed by atoms with Crippen LogP contribution in [0.25, 0.3) is 33.2 Å². The quantitative estimate of drug-likeness (QED) is 0.491. The average Bonchev–Trinajstić information content (AvgIpc) is 3.17. The standard InChI is InChI=1S/C25H29N5O/c1-2-3-18(26)15-19-5-7-21-22-14-17(4-8-24(22)29-25(21)28-19)23-9-6-20(16-27-23)30-10-12-31-13-11-30/h4-9,14,16,18H,2-3,10-13,15,26H2,1H3,(H,28,29). The van der Waals surface area contributed by atoms with Crippen molar-refractivity contribution in [2.24, 2.45) is 5.73 Å². The van der Waals surface area contributed by atoms with Crippen LogP contribution >= 0.6 is 0 Å². The number of aromatic nitrogens is 3. The lowest BCUT2D eigenvalue weighted by atomic mass is 10.1.